The molecule has 4 saturated carbocycles. The first-order chi connectivity index (χ1) is 26.2. The number of unbranched alkanes of at least 4 members (excludes halogenated alkanes) is 13. The summed E-state index contributed by atoms with van der Waals surface area (Å²) in [5.41, 5.74) is -2.84. The Hall–Kier alpha value is -1.03. The van der Waals surface area contributed by atoms with E-state index in [4.69, 9.17) is 4.74 Å². The Morgan fingerprint density at radius 1 is 0.727 bits per heavy atom. The normalized spacial score (nSPS) is 38.3. The van der Waals surface area contributed by atoms with Crippen LogP contribution in [-0.4, -0.2) is 79.3 Å². The van der Waals surface area contributed by atoms with Crippen molar-refractivity contribution in [1.29, 1.82) is 0 Å². The molecule has 14 atom stereocenters. The molecule has 320 valence electrons. The van der Waals surface area contributed by atoms with Gasteiger partial charge in [0.25, 0.3) is 0 Å². The molecule has 0 aromatic rings. The Balaban J connectivity index is 1.09. The zero-order valence-electron chi connectivity index (χ0n) is 35.7. The lowest BCUT2D eigenvalue weighted by atomic mass is 9.41. The van der Waals surface area contributed by atoms with Crippen LogP contribution in [0.15, 0.2) is 12.2 Å². The zero-order valence-corrected chi connectivity index (χ0v) is 35.7. The maximum atomic E-state index is 12.6. The average Bonchev–Trinajstić information content (AvgIpc) is 3.36. The van der Waals surface area contributed by atoms with E-state index < -0.39 is 52.9 Å². The lowest BCUT2D eigenvalue weighted by Gasteiger charge is -2.67. The highest BCUT2D eigenvalue weighted by molar-refractivity contribution is 5.69. The fourth-order valence-electron chi connectivity index (χ4n) is 12.5. The quantitative estimate of drug-likeness (QED) is 0.0324. The van der Waals surface area contributed by atoms with E-state index in [0.717, 1.165) is 32.1 Å². The summed E-state index contributed by atoms with van der Waals surface area (Å²) in [6.07, 6.45) is 24.2. The molecule has 4 aliphatic rings. The van der Waals surface area contributed by atoms with Gasteiger partial charge in [0.15, 0.2) is 0 Å². The first-order valence-corrected chi connectivity index (χ1v) is 23.2. The molecule has 0 aromatic carbocycles. The third-order valence-corrected chi connectivity index (χ3v) is 15.6. The molecule has 0 amide bonds. The van der Waals surface area contributed by atoms with Gasteiger partial charge in [0.2, 0.25) is 0 Å². The molecule has 4 aliphatic carbocycles. The van der Waals surface area contributed by atoms with E-state index in [1.807, 2.05) is 0 Å². The monoisotopic (exact) mass is 777 g/mol. The molecule has 55 heavy (non-hydrogen) atoms. The number of allylic oxidation sites excluding steroid dienone is 2. The van der Waals surface area contributed by atoms with Gasteiger partial charge in [-0.1, -0.05) is 124 Å². The van der Waals surface area contributed by atoms with Crippen LogP contribution in [-0.2, 0) is 9.53 Å². The standard InChI is InChI=1S/C47H84O8/c1-6-7-8-9-10-11-12-13-14-15-16-17-18-19-20-21-22-26-38(49)55-32-33(2)24-23-25-34(3)39-41(51)42(52)43-46(39,5)30-28-37-45(4)29-27-35(48)31-36(45)40(50)44(53)47(37,43)54/h10-11,33-37,39-44,48,50-54H,6-9,12-32H2,1-5H3/b11-10-/t33-,34+,35-,36+,37+,39-,40+,41+,42-,43+,44+,45-,46+,47-/m0/s1. The van der Waals surface area contributed by atoms with Crippen LogP contribution in [0.25, 0.3) is 0 Å². The fraction of sp³-hybridized carbons (Fsp3) is 0.936. The highest BCUT2D eigenvalue weighted by atomic mass is 16.5. The number of ether oxygens (including phenoxy) is 1. The molecule has 0 radical (unpaired) electrons. The van der Waals surface area contributed by atoms with Crippen molar-refractivity contribution in [2.75, 3.05) is 6.61 Å². The molecular formula is C47H84O8. The molecule has 0 bridgehead atoms. The van der Waals surface area contributed by atoms with Crippen molar-refractivity contribution in [2.45, 2.75) is 225 Å². The van der Waals surface area contributed by atoms with E-state index in [-0.39, 0.29) is 35.6 Å². The Labute approximate surface area is 335 Å². The van der Waals surface area contributed by atoms with E-state index in [0.29, 0.717) is 45.1 Å². The van der Waals surface area contributed by atoms with Crippen LogP contribution in [0.2, 0.25) is 0 Å². The predicted molar refractivity (Wildman–Crippen MR) is 220 cm³/mol. The molecule has 0 aliphatic heterocycles. The topological polar surface area (TPSA) is 148 Å². The first-order valence-electron chi connectivity index (χ1n) is 23.2. The summed E-state index contributed by atoms with van der Waals surface area (Å²) in [5, 5.41) is 69.2. The van der Waals surface area contributed by atoms with E-state index in [2.05, 4.69) is 46.8 Å². The van der Waals surface area contributed by atoms with E-state index >= 15 is 0 Å². The van der Waals surface area contributed by atoms with Crippen LogP contribution in [0.4, 0.5) is 0 Å². The van der Waals surface area contributed by atoms with Crippen LogP contribution < -0.4 is 0 Å². The maximum absolute atomic E-state index is 12.6. The molecule has 0 heterocycles. The number of aliphatic hydroxyl groups excluding tert-OH is 5. The molecule has 6 N–H and O–H groups in total. The summed E-state index contributed by atoms with van der Waals surface area (Å²) < 4.78 is 5.64. The minimum atomic E-state index is -1.74. The number of esters is 1. The van der Waals surface area contributed by atoms with Crippen molar-refractivity contribution in [3.8, 4) is 0 Å². The third-order valence-electron chi connectivity index (χ3n) is 15.6. The first kappa shape index (κ1) is 46.7. The number of rotatable bonds is 24. The van der Waals surface area contributed by atoms with Crippen molar-refractivity contribution in [3.63, 3.8) is 0 Å². The minimum absolute atomic E-state index is 0.0609. The van der Waals surface area contributed by atoms with E-state index in [9.17, 15) is 35.4 Å². The predicted octanol–water partition coefficient (Wildman–Crippen LogP) is 8.81. The number of aliphatic hydroxyl groups is 6. The molecule has 8 nitrogen and oxygen atoms in total. The van der Waals surface area contributed by atoms with Gasteiger partial charge in [-0.2, -0.15) is 0 Å². The van der Waals surface area contributed by atoms with Crippen molar-refractivity contribution >= 4 is 5.97 Å². The summed E-state index contributed by atoms with van der Waals surface area (Å²) in [7, 11) is 0. The van der Waals surface area contributed by atoms with Crippen LogP contribution >= 0.6 is 0 Å². The summed E-state index contributed by atoms with van der Waals surface area (Å²) in [6.45, 7) is 11.0. The van der Waals surface area contributed by atoms with Gasteiger partial charge in [0.05, 0.1) is 31.0 Å². The number of fused-ring (bicyclic) bond motifs is 5. The Morgan fingerprint density at radius 3 is 1.95 bits per heavy atom. The second kappa shape index (κ2) is 21.8. The van der Waals surface area contributed by atoms with Crippen molar-refractivity contribution in [3.05, 3.63) is 12.2 Å². The van der Waals surface area contributed by atoms with Crippen LogP contribution in [0, 0.1) is 46.3 Å². The lowest BCUT2D eigenvalue weighted by Crippen LogP contribution is -2.75. The highest BCUT2D eigenvalue weighted by Gasteiger charge is 2.75. The zero-order chi connectivity index (χ0) is 40.2. The SMILES string of the molecule is CCCCC/C=C\CCCCCCCCCCCCC(=O)OC[C@@H](C)CCC[C@@H](C)[C@H]1[C@@H](O)[C@H](O)[C@@H]2[C@]1(C)CC[C@@H]1[C@@]3(C)CC[C@H](O)C[C@@H]3[C@@H](O)[C@@H](O)[C@]12O. The summed E-state index contributed by atoms with van der Waals surface area (Å²) in [4.78, 5) is 12.4. The molecular weight excluding hydrogens is 693 g/mol. The minimum Gasteiger partial charge on any atom is -0.465 e. The Kier molecular flexibility index (Phi) is 18.5. The maximum Gasteiger partial charge on any atom is 0.305 e. The summed E-state index contributed by atoms with van der Waals surface area (Å²) in [6, 6.07) is 0. The third kappa shape index (κ3) is 11.2. The van der Waals surface area contributed by atoms with Gasteiger partial charge in [-0.3, -0.25) is 4.79 Å². The second-order valence-electron chi connectivity index (χ2n) is 19.7. The van der Waals surface area contributed by atoms with Crippen molar-refractivity contribution < 1.29 is 40.2 Å². The molecule has 4 fully saturated rings. The van der Waals surface area contributed by atoms with Gasteiger partial charge in [-0.15, -0.1) is 0 Å². The average molecular weight is 777 g/mol. The number of hydrogen-bond donors (Lipinski definition) is 6. The molecule has 0 saturated heterocycles. The largest absolute Gasteiger partial charge is 0.465 e. The number of hydrogen-bond acceptors (Lipinski definition) is 8. The van der Waals surface area contributed by atoms with Gasteiger partial charge in [0, 0.05) is 12.3 Å². The molecule has 0 spiro atoms. The van der Waals surface area contributed by atoms with Gasteiger partial charge < -0.3 is 35.4 Å². The van der Waals surface area contributed by atoms with Gasteiger partial charge >= 0.3 is 5.97 Å². The highest BCUT2D eigenvalue weighted by Crippen LogP contribution is 2.69. The number of carbonyl (C=O) groups is 1. The van der Waals surface area contributed by atoms with Crippen molar-refractivity contribution in [2.24, 2.45) is 46.3 Å². The Morgan fingerprint density at radius 2 is 1.31 bits per heavy atom. The molecule has 0 unspecified atom stereocenters. The Bertz CT molecular complexity index is 1160. The van der Waals surface area contributed by atoms with E-state index in [1.54, 1.807) is 0 Å². The van der Waals surface area contributed by atoms with Crippen LogP contribution in [0.3, 0.4) is 0 Å². The van der Waals surface area contributed by atoms with Crippen LogP contribution in [0.5, 0.6) is 0 Å². The summed E-state index contributed by atoms with van der Waals surface area (Å²) in [5.74, 6) is -1.54. The van der Waals surface area contributed by atoms with E-state index in [1.165, 1.54) is 83.5 Å². The smallest absolute Gasteiger partial charge is 0.305 e. The van der Waals surface area contributed by atoms with Gasteiger partial charge in [-0.25, -0.2) is 0 Å². The summed E-state index contributed by atoms with van der Waals surface area (Å²) >= 11 is 0. The second-order valence-corrected chi connectivity index (χ2v) is 19.7. The van der Waals surface area contributed by atoms with Crippen molar-refractivity contribution in [1.82, 2.24) is 0 Å². The molecule has 4 rings (SSSR count). The molecule has 0 aromatic heterocycles. The van der Waals surface area contributed by atoms with Gasteiger partial charge in [-0.05, 0) is 111 Å². The molecule has 8 heteroatoms. The van der Waals surface area contributed by atoms with Gasteiger partial charge in [0.1, 0.15) is 11.7 Å². The fourth-order valence-corrected chi connectivity index (χ4v) is 12.5. The van der Waals surface area contributed by atoms with Crippen LogP contribution in [0.1, 0.15) is 189 Å². The lowest BCUT2D eigenvalue weighted by molar-refractivity contribution is -0.309. The number of carbonyl (C=O) groups excluding carboxylic acids is 1.